The van der Waals surface area contributed by atoms with Crippen molar-refractivity contribution >= 4 is 5.70 Å². The third-order valence-electron chi connectivity index (χ3n) is 3.75. The Balaban J connectivity index is 0.00000288. The Morgan fingerprint density at radius 3 is 2.38 bits per heavy atom. The lowest BCUT2D eigenvalue weighted by molar-refractivity contribution is 0.351. The van der Waals surface area contributed by atoms with Gasteiger partial charge in [-0.2, -0.15) is 0 Å². The van der Waals surface area contributed by atoms with Crippen molar-refractivity contribution in [3.8, 4) is 0 Å². The van der Waals surface area contributed by atoms with Crippen molar-refractivity contribution in [3.05, 3.63) is 89.3 Å². The minimum absolute atomic E-state index is 0. The number of nitrogens with two attached hydrogens (primary N) is 2. The van der Waals surface area contributed by atoms with E-state index in [0.717, 1.165) is 18.7 Å². The zero-order valence-electron chi connectivity index (χ0n) is 14.4. The topological polar surface area (TPSA) is 86.8 Å². The third kappa shape index (κ3) is 5.48. The summed E-state index contributed by atoms with van der Waals surface area (Å²) >= 11 is 0. The first kappa shape index (κ1) is 19.3. The van der Waals surface area contributed by atoms with E-state index in [9.17, 15) is 0 Å². The molecule has 0 aliphatic carbocycles. The largest absolute Gasteiger partial charge is 0.412 e. The average molecular weight is 327 g/mol. The van der Waals surface area contributed by atoms with Gasteiger partial charge in [-0.25, -0.2) is 0 Å². The van der Waals surface area contributed by atoms with Crippen molar-refractivity contribution < 1.29 is 6.90 Å². The molecule has 0 radical (unpaired) electrons. The van der Waals surface area contributed by atoms with E-state index in [2.05, 4.69) is 43.0 Å². The van der Waals surface area contributed by atoms with Crippen LogP contribution in [0.15, 0.2) is 72.6 Å². The molecule has 2 rings (SSSR count). The maximum atomic E-state index is 6.22. The Kier molecular flexibility index (Phi) is 7.59. The van der Waals surface area contributed by atoms with E-state index < -0.39 is 0 Å². The fourth-order valence-electron chi connectivity index (χ4n) is 2.39. The molecule has 0 amide bonds. The normalized spacial score (nSPS) is 11.8. The quantitative estimate of drug-likeness (QED) is 0.799. The van der Waals surface area contributed by atoms with E-state index in [0.29, 0.717) is 11.5 Å². The first-order chi connectivity index (χ1) is 11.1. The Morgan fingerprint density at radius 1 is 1.04 bits per heavy atom. The van der Waals surface area contributed by atoms with E-state index in [1.807, 2.05) is 42.5 Å². The van der Waals surface area contributed by atoms with Gasteiger partial charge in [0.15, 0.2) is 0 Å². The Bertz CT molecular complexity index is 699. The number of benzene rings is 2. The molecule has 0 spiro atoms. The van der Waals surface area contributed by atoms with Gasteiger partial charge in [0.05, 0.1) is 5.82 Å². The monoisotopic (exact) mass is 327 g/mol. The standard InChI is InChI=1S/C20H25N3.H2O.H2/c1-3-23(15-17-9-5-4-6-10-17)20(22)13-12-19(21)18-11-7-8-16(2)14-18;;/h4-14H,3,15,21-22H2,1-2H3;1H2;1H/b19-12-,20-13+;;. The molecule has 2 aromatic rings. The van der Waals surface area contributed by atoms with E-state index in [1.54, 1.807) is 0 Å². The van der Waals surface area contributed by atoms with Gasteiger partial charge in [0.25, 0.3) is 0 Å². The maximum absolute atomic E-state index is 6.22. The van der Waals surface area contributed by atoms with Crippen LogP contribution in [0, 0.1) is 6.92 Å². The van der Waals surface area contributed by atoms with Crippen molar-refractivity contribution in [1.82, 2.24) is 4.90 Å². The van der Waals surface area contributed by atoms with Gasteiger partial charge in [0, 0.05) is 20.2 Å². The van der Waals surface area contributed by atoms with Crippen LogP contribution in [-0.4, -0.2) is 16.9 Å². The summed E-state index contributed by atoms with van der Waals surface area (Å²) in [5.41, 5.74) is 16.5. The highest BCUT2D eigenvalue weighted by Crippen LogP contribution is 2.12. The van der Waals surface area contributed by atoms with Crippen LogP contribution in [0.3, 0.4) is 0 Å². The van der Waals surface area contributed by atoms with Crippen LogP contribution >= 0.6 is 0 Å². The van der Waals surface area contributed by atoms with Gasteiger partial charge in [-0.15, -0.1) is 0 Å². The lowest BCUT2D eigenvalue weighted by Gasteiger charge is -2.23. The van der Waals surface area contributed by atoms with Gasteiger partial charge in [0.2, 0.25) is 0 Å². The highest BCUT2D eigenvalue weighted by molar-refractivity contribution is 5.64. The van der Waals surface area contributed by atoms with Crippen molar-refractivity contribution in [2.24, 2.45) is 11.5 Å². The first-order valence-electron chi connectivity index (χ1n) is 7.89. The van der Waals surface area contributed by atoms with E-state index in [4.69, 9.17) is 11.5 Å². The SMILES string of the molecule is CCN(Cc1ccccc1)/C(N)=C/C=C(\N)c1cccc(C)c1.O.[HH]. The Morgan fingerprint density at radius 2 is 1.75 bits per heavy atom. The van der Waals surface area contributed by atoms with Gasteiger partial charge in [-0.1, -0.05) is 54.1 Å². The van der Waals surface area contributed by atoms with Crippen molar-refractivity contribution in [3.63, 3.8) is 0 Å². The lowest BCUT2D eigenvalue weighted by Crippen LogP contribution is -2.27. The molecule has 6 N–H and O–H groups in total. The third-order valence-corrected chi connectivity index (χ3v) is 3.75. The molecule has 0 aromatic heterocycles. The number of hydrogen-bond donors (Lipinski definition) is 2. The van der Waals surface area contributed by atoms with E-state index in [1.165, 1.54) is 11.1 Å². The predicted octanol–water partition coefficient (Wildman–Crippen LogP) is 3.04. The number of aryl methyl sites for hydroxylation is 1. The molecule has 4 heteroatoms. The molecule has 0 bridgehead atoms. The molecule has 0 saturated carbocycles. The Hall–Kier alpha value is -2.72. The second-order valence-electron chi connectivity index (χ2n) is 5.58. The summed E-state index contributed by atoms with van der Waals surface area (Å²) < 4.78 is 0. The van der Waals surface area contributed by atoms with E-state index >= 15 is 0 Å². The minimum Gasteiger partial charge on any atom is -0.412 e. The molecule has 0 aliphatic heterocycles. The Labute approximate surface area is 145 Å². The summed E-state index contributed by atoms with van der Waals surface area (Å²) in [6.45, 7) is 5.78. The average Bonchev–Trinajstić information content (AvgIpc) is 2.58. The van der Waals surface area contributed by atoms with Gasteiger partial charge < -0.3 is 21.8 Å². The van der Waals surface area contributed by atoms with Crippen LogP contribution in [0.5, 0.6) is 0 Å². The minimum atomic E-state index is 0. The van der Waals surface area contributed by atoms with Crippen molar-refractivity contribution in [1.29, 1.82) is 0 Å². The summed E-state index contributed by atoms with van der Waals surface area (Å²) in [5.74, 6) is 0.715. The number of allylic oxidation sites excluding steroid dienone is 2. The zero-order valence-corrected chi connectivity index (χ0v) is 14.4. The molecule has 130 valence electrons. The fraction of sp³-hybridized carbons (Fsp3) is 0.200. The molecule has 0 heterocycles. The molecule has 0 saturated heterocycles. The van der Waals surface area contributed by atoms with Gasteiger partial charge in [0.1, 0.15) is 0 Å². The molecule has 0 aliphatic rings. The van der Waals surface area contributed by atoms with Crippen molar-refractivity contribution in [2.45, 2.75) is 20.4 Å². The molecule has 24 heavy (non-hydrogen) atoms. The smallest absolute Gasteiger partial charge is 0.0990 e. The van der Waals surface area contributed by atoms with Crippen LogP contribution in [0.25, 0.3) is 5.70 Å². The number of nitrogens with zero attached hydrogens (tertiary/aromatic N) is 1. The molecule has 0 atom stereocenters. The highest BCUT2D eigenvalue weighted by atomic mass is 16.0. The number of hydrogen-bond acceptors (Lipinski definition) is 3. The van der Waals surface area contributed by atoms with E-state index in [-0.39, 0.29) is 6.90 Å². The predicted molar refractivity (Wildman–Crippen MR) is 104 cm³/mol. The molecule has 4 nitrogen and oxygen atoms in total. The summed E-state index contributed by atoms with van der Waals surface area (Å²) in [5, 5.41) is 0. The molecule has 0 unspecified atom stereocenters. The van der Waals surface area contributed by atoms with Gasteiger partial charge in [-0.3, -0.25) is 0 Å². The second kappa shape index (κ2) is 9.43. The second-order valence-corrected chi connectivity index (χ2v) is 5.58. The summed E-state index contributed by atoms with van der Waals surface area (Å²) in [6, 6.07) is 18.4. The van der Waals surface area contributed by atoms with Crippen molar-refractivity contribution in [2.75, 3.05) is 6.54 Å². The summed E-state index contributed by atoms with van der Waals surface area (Å²) in [4.78, 5) is 2.12. The fourth-order valence-corrected chi connectivity index (χ4v) is 2.39. The van der Waals surface area contributed by atoms with Crippen LogP contribution in [0.1, 0.15) is 25.0 Å². The first-order valence-corrected chi connectivity index (χ1v) is 7.89. The van der Waals surface area contributed by atoms with Gasteiger partial charge in [-0.05, 0) is 43.2 Å². The molecule has 0 fully saturated rings. The zero-order chi connectivity index (χ0) is 16.7. The van der Waals surface area contributed by atoms with Crippen LogP contribution in [0.2, 0.25) is 0 Å². The highest BCUT2D eigenvalue weighted by Gasteiger charge is 2.04. The molecule has 2 aromatic carbocycles. The maximum Gasteiger partial charge on any atom is 0.0990 e. The summed E-state index contributed by atoms with van der Waals surface area (Å²) in [7, 11) is 0. The molecular weight excluding hydrogens is 298 g/mol. The van der Waals surface area contributed by atoms with Crippen LogP contribution in [0.4, 0.5) is 0 Å². The van der Waals surface area contributed by atoms with Gasteiger partial charge >= 0.3 is 0 Å². The summed E-state index contributed by atoms with van der Waals surface area (Å²) in [6.07, 6.45) is 3.75. The number of rotatable bonds is 6. The van der Waals surface area contributed by atoms with Crippen LogP contribution < -0.4 is 11.5 Å². The molecular formula is C20H29N3O. The lowest BCUT2D eigenvalue weighted by atomic mass is 10.1. The van der Waals surface area contributed by atoms with Crippen LogP contribution in [-0.2, 0) is 6.54 Å².